The lowest BCUT2D eigenvalue weighted by molar-refractivity contribution is -0.384. The van der Waals surface area contributed by atoms with Crippen LogP contribution in [0, 0.1) is 10.1 Å². The number of benzene rings is 1. The Balaban J connectivity index is 2.15. The van der Waals surface area contributed by atoms with E-state index in [0.29, 0.717) is 6.54 Å². The second-order valence-corrected chi connectivity index (χ2v) is 6.00. The topological polar surface area (TPSA) is 75.5 Å². The average Bonchev–Trinajstić information content (AvgIpc) is 2.76. The fourth-order valence-corrected chi connectivity index (χ4v) is 2.86. The van der Waals surface area contributed by atoms with Gasteiger partial charge in [0.25, 0.3) is 5.69 Å². The van der Waals surface area contributed by atoms with Crippen LogP contribution in [0.4, 0.5) is 5.69 Å². The van der Waals surface area contributed by atoms with E-state index in [1.54, 1.807) is 23.9 Å². The highest BCUT2D eigenvalue weighted by atomic mass is 32.2. The standard InChI is InChI=1S/C14H19N3O3S/c1-10-14(18)16(8-3-9-21-2)13(15-10)11-4-6-12(7-5-11)17(19)20/h4-7,10,13,15H,3,8-9H2,1-2H3. The molecule has 21 heavy (non-hydrogen) atoms. The predicted molar refractivity (Wildman–Crippen MR) is 83.1 cm³/mol. The highest BCUT2D eigenvalue weighted by molar-refractivity contribution is 7.98. The second-order valence-electron chi connectivity index (χ2n) is 5.02. The van der Waals surface area contributed by atoms with Crippen molar-refractivity contribution in [2.75, 3.05) is 18.6 Å². The number of nitro benzene ring substituents is 1. The van der Waals surface area contributed by atoms with Gasteiger partial charge in [0.15, 0.2) is 0 Å². The summed E-state index contributed by atoms with van der Waals surface area (Å²) in [4.78, 5) is 24.3. The number of rotatable bonds is 6. The first kappa shape index (κ1) is 15.8. The molecular weight excluding hydrogens is 290 g/mol. The Hall–Kier alpha value is -1.60. The number of nitrogens with zero attached hydrogens (tertiary/aromatic N) is 2. The van der Waals surface area contributed by atoms with Crippen molar-refractivity contribution in [3.05, 3.63) is 39.9 Å². The molecule has 1 saturated heterocycles. The maximum Gasteiger partial charge on any atom is 0.269 e. The molecule has 6 nitrogen and oxygen atoms in total. The van der Waals surface area contributed by atoms with Crippen LogP contribution in [0.1, 0.15) is 25.1 Å². The smallest absolute Gasteiger partial charge is 0.269 e. The maximum absolute atomic E-state index is 12.2. The van der Waals surface area contributed by atoms with Crippen molar-refractivity contribution in [2.45, 2.75) is 25.6 Å². The van der Waals surface area contributed by atoms with Gasteiger partial charge in [-0.05, 0) is 43.0 Å². The number of thioether (sulfide) groups is 1. The molecule has 1 heterocycles. The largest absolute Gasteiger partial charge is 0.322 e. The molecule has 0 spiro atoms. The quantitative estimate of drug-likeness (QED) is 0.495. The monoisotopic (exact) mass is 309 g/mol. The summed E-state index contributed by atoms with van der Waals surface area (Å²) < 4.78 is 0. The van der Waals surface area contributed by atoms with Crippen molar-refractivity contribution >= 4 is 23.4 Å². The summed E-state index contributed by atoms with van der Waals surface area (Å²) in [6.07, 6.45) is 2.78. The summed E-state index contributed by atoms with van der Waals surface area (Å²) in [6, 6.07) is 6.15. The summed E-state index contributed by atoms with van der Waals surface area (Å²) in [5.74, 6) is 1.09. The van der Waals surface area contributed by atoms with Crippen LogP contribution in [0.2, 0.25) is 0 Å². The van der Waals surface area contributed by atoms with Gasteiger partial charge < -0.3 is 4.90 Å². The molecule has 1 aliphatic heterocycles. The van der Waals surface area contributed by atoms with Crippen LogP contribution in [0.15, 0.2) is 24.3 Å². The van der Waals surface area contributed by atoms with E-state index in [0.717, 1.165) is 17.7 Å². The summed E-state index contributed by atoms with van der Waals surface area (Å²) in [6.45, 7) is 2.54. The van der Waals surface area contributed by atoms with Crippen molar-refractivity contribution < 1.29 is 9.72 Å². The number of carbonyl (C=O) groups excluding carboxylic acids is 1. The Morgan fingerprint density at radius 3 is 2.62 bits per heavy atom. The first-order valence-electron chi connectivity index (χ1n) is 6.84. The Labute approximate surface area is 128 Å². The van der Waals surface area contributed by atoms with Crippen LogP contribution in [-0.2, 0) is 4.79 Å². The van der Waals surface area contributed by atoms with E-state index >= 15 is 0 Å². The first-order chi connectivity index (χ1) is 10.0. The highest BCUT2D eigenvalue weighted by Gasteiger charge is 2.36. The zero-order valence-corrected chi connectivity index (χ0v) is 12.9. The van der Waals surface area contributed by atoms with E-state index < -0.39 is 4.92 Å². The molecule has 1 fully saturated rings. The fourth-order valence-electron chi connectivity index (χ4n) is 2.45. The van der Waals surface area contributed by atoms with Gasteiger partial charge in [0, 0.05) is 18.7 Å². The van der Waals surface area contributed by atoms with Crippen LogP contribution < -0.4 is 5.32 Å². The Bertz CT molecular complexity index is 521. The van der Waals surface area contributed by atoms with Gasteiger partial charge in [0.05, 0.1) is 11.0 Å². The van der Waals surface area contributed by atoms with Crippen LogP contribution in [-0.4, -0.2) is 40.3 Å². The molecule has 1 aromatic rings. The molecule has 0 aliphatic carbocycles. The first-order valence-corrected chi connectivity index (χ1v) is 8.24. The second kappa shape index (κ2) is 6.91. The number of hydrogen-bond donors (Lipinski definition) is 1. The van der Waals surface area contributed by atoms with Gasteiger partial charge in [-0.1, -0.05) is 0 Å². The lowest BCUT2D eigenvalue weighted by Crippen LogP contribution is -2.31. The van der Waals surface area contributed by atoms with Crippen molar-refractivity contribution in [1.29, 1.82) is 0 Å². The number of non-ortho nitro benzene ring substituents is 1. The third kappa shape index (κ3) is 3.54. The molecule has 2 unspecified atom stereocenters. The minimum atomic E-state index is -0.421. The average molecular weight is 309 g/mol. The molecule has 0 saturated carbocycles. The Kier molecular flexibility index (Phi) is 5.19. The van der Waals surface area contributed by atoms with E-state index in [9.17, 15) is 14.9 Å². The number of nitro groups is 1. The third-order valence-electron chi connectivity index (χ3n) is 3.54. The molecule has 2 rings (SSSR count). The molecule has 1 aromatic carbocycles. The van der Waals surface area contributed by atoms with E-state index in [1.165, 1.54) is 12.1 Å². The maximum atomic E-state index is 12.2. The molecule has 0 aromatic heterocycles. The molecule has 0 radical (unpaired) electrons. The molecule has 7 heteroatoms. The summed E-state index contributed by atoms with van der Waals surface area (Å²) >= 11 is 1.76. The van der Waals surface area contributed by atoms with Crippen LogP contribution >= 0.6 is 11.8 Å². The Morgan fingerprint density at radius 2 is 2.05 bits per heavy atom. The number of hydrogen-bond acceptors (Lipinski definition) is 5. The molecule has 1 N–H and O–H groups in total. The van der Waals surface area contributed by atoms with E-state index in [4.69, 9.17) is 0 Å². The van der Waals surface area contributed by atoms with Crippen molar-refractivity contribution in [3.63, 3.8) is 0 Å². The molecule has 2 atom stereocenters. The van der Waals surface area contributed by atoms with Crippen LogP contribution in [0.3, 0.4) is 0 Å². The van der Waals surface area contributed by atoms with Gasteiger partial charge in [0.2, 0.25) is 5.91 Å². The summed E-state index contributed by atoms with van der Waals surface area (Å²) in [5.41, 5.74) is 0.938. The highest BCUT2D eigenvalue weighted by Crippen LogP contribution is 2.27. The SMILES string of the molecule is CSCCCN1C(=O)C(C)NC1c1ccc([N+](=O)[O-])cc1. The number of carbonyl (C=O) groups is 1. The molecule has 1 amide bonds. The van der Waals surface area contributed by atoms with Crippen LogP contribution in [0.5, 0.6) is 0 Å². The zero-order chi connectivity index (χ0) is 15.4. The predicted octanol–water partition coefficient (Wildman–Crippen LogP) is 2.17. The van der Waals surface area contributed by atoms with Gasteiger partial charge in [-0.15, -0.1) is 0 Å². The minimum Gasteiger partial charge on any atom is -0.322 e. The van der Waals surface area contributed by atoms with Gasteiger partial charge in [-0.3, -0.25) is 20.2 Å². The zero-order valence-electron chi connectivity index (χ0n) is 12.1. The van der Waals surface area contributed by atoms with Gasteiger partial charge in [-0.25, -0.2) is 0 Å². The van der Waals surface area contributed by atoms with Crippen molar-refractivity contribution in [3.8, 4) is 0 Å². The number of nitrogens with one attached hydrogen (secondary N) is 1. The molecule has 0 bridgehead atoms. The van der Waals surface area contributed by atoms with Gasteiger partial charge >= 0.3 is 0 Å². The molecule has 114 valence electrons. The lowest BCUT2D eigenvalue weighted by atomic mass is 10.1. The van der Waals surface area contributed by atoms with Crippen LogP contribution in [0.25, 0.3) is 0 Å². The van der Waals surface area contributed by atoms with E-state index in [2.05, 4.69) is 5.32 Å². The van der Waals surface area contributed by atoms with Gasteiger partial charge in [-0.2, -0.15) is 11.8 Å². The van der Waals surface area contributed by atoms with Gasteiger partial charge in [0.1, 0.15) is 6.17 Å². The van der Waals surface area contributed by atoms with E-state index in [-0.39, 0.29) is 23.8 Å². The minimum absolute atomic E-state index is 0.0602. The third-order valence-corrected chi connectivity index (χ3v) is 4.24. The number of amides is 1. The summed E-state index contributed by atoms with van der Waals surface area (Å²) in [7, 11) is 0. The summed E-state index contributed by atoms with van der Waals surface area (Å²) in [5, 5.41) is 13.9. The molecular formula is C14H19N3O3S. The molecule has 1 aliphatic rings. The Morgan fingerprint density at radius 1 is 1.38 bits per heavy atom. The van der Waals surface area contributed by atoms with Crippen molar-refractivity contribution in [1.82, 2.24) is 10.2 Å². The fraction of sp³-hybridized carbons (Fsp3) is 0.500. The van der Waals surface area contributed by atoms with Crippen molar-refractivity contribution in [2.24, 2.45) is 0 Å². The van der Waals surface area contributed by atoms with E-state index in [1.807, 2.05) is 18.1 Å². The lowest BCUT2D eigenvalue weighted by Gasteiger charge is -2.24. The normalized spacial score (nSPS) is 21.8.